The van der Waals surface area contributed by atoms with Gasteiger partial charge in [-0.1, -0.05) is 0 Å². The molecular formula is C14H25N5. The van der Waals surface area contributed by atoms with E-state index in [1.165, 1.54) is 0 Å². The van der Waals surface area contributed by atoms with Crippen LogP contribution in [0.15, 0.2) is 12.4 Å². The van der Waals surface area contributed by atoms with Gasteiger partial charge in [0.05, 0.1) is 0 Å². The number of anilines is 2. The molecule has 1 aromatic heterocycles. The van der Waals surface area contributed by atoms with Gasteiger partial charge < -0.3 is 10.2 Å². The number of hydrogen-bond acceptors (Lipinski definition) is 5. The van der Waals surface area contributed by atoms with Crippen LogP contribution in [-0.4, -0.2) is 53.1 Å². The number of nitrogens with zero attached hydrogens (tertiary/aromatic N) is 4. The monoisotopic (exact) mass is 263 g/mol. The minimum Gasteiger partial charge on any atom is -0.370 e. The second-order valence-electron chi connectivity index (χ2n) is 5.94. The van der Waals surface area contributed by atoms with E-state index in [0.29, 0.717) is 0 Å². The second-order valence-corrected chi connectivity index (χ2v) is 5.94. The van der Waals surface area contributed by atoms with Crippen molar-refractivity contribution in [3.63, 3.8) is 0 Å². The van der Waals surface area contributed by atoms with Gasteiger partial charge in [0.15, 0.2) is 0 Å². The molecule has 19 heavy (non-hydrogen) atoms. The van der Waals surface area contributed by atoms with E-state index in [1.54, 1.807) is 6.33 Å². The molecule has 1 fully saturated rings. The van der Waals surface area contributed by atoms with Gasteiger partial charge in [-0.15, -0.1) is 0 Å². The minimum absolute atomic E-state index is 0.257. The summed E-state index contributed by atoms with van der Waals surface area (Å²) >= 11 is 0. The van der Waals surface area contributed by atoms with Crippen LogP contribution in [0, 0.1) is 0 Å². The van der Waals surface area contributed by atoms with Gasteiger partial charge in [0.1, 0.15) is 18.0 Å². The molecule has 1 aromatic rings. The highest BCUT2D eigenvalue weighted by Crippen LogP contribution is 2.20. The Morgan fingerprint density at radius 3 is 2.42 bits per heavy atom. The molecule has 0 radical (unpaired) electrons. The van der Waals surface area contributed by atoms with Gasteiger partial charge in [0, 0.05) is 44.3 Å². The molecule has 1 aliphatic rings. The van der Waals surface area contributed by atoms with Crippen LogP contribution in [-0.2, 0) is 0 Å². The summed E-state index contributed by atoms with van der Waals surface area (Å²) in [6.45, 7) is 14.0. The number of nitrogens with one attached hydrogen (secondary N) is 1. The normalized spacial score (nSPS) is 17.6. The fourth-order valence-corrected chi connectivity index (χ4v) is 2.40. The Kier molecular flexibility index (Phi) is 4.24. The van der Waals surface area contributed by atoms with Crippen molar-refractivity contribution in [3.8, 4) is 0 Å². The molecule has 1 aliphatic heterocycles. The van der Waals surface area contributed by atoms with E-state index in [4.69, 9.17) is 0 Å². The van der Waals surface area contributed by atoms with E-state index in [9.17, 15) is 0 Å². The number of aromatic nitrogens is 2. The largest absolute Gasteiger partial charge is 0.370 e. The molecule has 5 heteroatoms. The molecule has 0 spiro atoms. The number of piperazine rings is 1. The Hall–Kier alpha value is -1.36. The first-order valence-electron chi connectivity index (χ1n) is 7.06. The smallest absolute Gasteiger partial charge is 0.134 e. The van der Waals surface area contributed by atoms with Crippen LogP contribution in [0.25, 0.3) is 0 Å². The quantitative estimate of drug-likeness (QED) is 0.901. The first-order valence-corrected chi connectivity index (χ1v) is 7.06. The van der Waals surface area contributed by atoms with E-state index in [1.807, 2.05) is 6.07 Å². The highest BCUT2D eigenvalue weighted by Gasteiger charge is 2.26. The number of hydrogen-bond donors (Lipinski definition) is 1. The number of rotatable bonds is 3. The summed E-state index contributed by atoms with van der Waals surface area (Å²) in [6.07, 6.45) is 1.64. The van der Waals surface area contributed by atoms with Crippen molar-refractivity contribution in [1.29, 1.82) is 0 Å². The molecule has 106 valence electrons. The van der Waals surface area contributed by atoms with E-state index >= 15 is 0 Å². The molecule has 0 aromatic carbocycles. The molecule has 0 atom stereocenters. The summed E-state index contributed by atoms with van der Waals surface area (Å²) in [6, 6.07) is 2.04. The molecule has 0 unspecified atom stereocenters. The van der Waals surface area contributed by atoms with Gasteiger partial charge in [-0.3, -0.25) is 4.90 Å². The maximum Gasteiger partial charge on any atom is 0.134 e. The lowest BCUT2D eigenvalue weighted by Gasteiger charge is -2.42. The molecule has 0 saturated carbocycles. The van der Waals surface area contributed by atoms with Crippen LogP contribution in [0.2, 0.25) is 0 Å². The van der Waals surface area contributed by atoms with Gasteiger partial charge in [-0.25, -0.2) is 9.97 Å². The summed E-state index contributed by atoms with van der Waals surface area (Å²) in [5.74, 6) is 1.94. The fraction of sp³-hybridized carbons (Fsp3) is 0.714. The van der Waals surface area contributed by atoms with Gasteiger partial charge in [0.25, 0.3) is 0 Å². The van der Waals surface area contributed by atoms with Crippen molar-refractivity contribution in [1.82, 2.24) is 14.9 Å². The first-order chi connectivity index (χ1) is 9.00. The summed E-state index contributed by atoms with van der Waals surface area (Å²) in [4.78, 5) is 13.5. The highest BCUT2D eigenvalue weighted by molar-refractivity contribution is 5.48. The zero-order chi connectivity index (χ0) is 13.9. The van der Waals surface area contributed by atoms with Gasteiger partial charge in [-0.05, 0) is 27.7 Å². The molecule has 0 bridgehead atoms. The SMILES string of the molecule is CCNc1cc(N2CCN(C(C)(C)C)CC2)ncn1. The lowest BCUT2D eigenvalue weighted by Crippen LogP contribution is -2.53. The maximum atomic E-state index is 4.39. The van der Waals surface area contributed by atoms with Crippen LogP contribution in [0.3, 0.4) is 0 Å². The topological polar surface area (TPSA) is 44.3 Å². The Morgan fingerprint density at radius 1 is 1.16 bits per heavy atom. The first kappa shape index (κ1) is 14.1. The summed E-state index contributed by atoms with van der Waals surface area (Å²) in [5.41, 5.74) is 0.257. The van der Waals surface area contributed by atoms with Crippen molar-refractivity contribution in [2.45, 2.75) is 33.2 Å². The van der Waals surface area contributed by atoms with Crippen molar-refractivity contribution >= 4 is 11.6 Å². The van der Waals surface area contributed by atoms with Crippen LogP contribution in [0.4, 0.5) is 11.6 Å². The summed E-state index contributed by atoms with van der Waals surface area (Å²) in [5, 5.41) is 3.23. The average Bonchev–Trinajstić information content (AvgIpc) is 2.39. The minimum atomic E-state index is 0.257. The van der Waals surface area contributed by atoms with E-state index < -0.39 is 0 Å². The lowest BCUT2D eigenvalue weighted by atomic mass is 10.1. The van der Waals surface area contributed by atoms with Gasteiger partial charge >= 0.3 is 0 Å². The molecule has 2 rings (SSSR count). The maximum absolute atomic E-state index is 4.39. The fourth-order valence-electron chi connectivity index (χ4n) is 2.40. The molecule has 5 nitrogen and oxygen atoms in total. The zero-order valence-electron chi connectivity index (χ0n) is 12.5. The molecule has 0 amide bonds. The third-order valence-electron chi connectivity index (χ3n) is 3.56. The molecule has 2 heterocycles. The van der Waals surface area contributed by atoms with Crippen molar-refractivity contribution in [2.24, 2.45) is 0 Å². The van der Waals surface area contributed by atoms with Gasteiger partial charge in [0.2, 0.25) is 0 Å². The third kappa shape index (κ3) is 3.56. The Morgan fingerprint density at radius 2 is 1.84 bits per heavy atom. The molecule has 0 aliphatic carbocycles. The second kappa shape index (κ2) is 5.74. The summed E-state index contributed by atoms with van der Waals surface area (Å²) < 4.78 is 0. The molecule has 1 saturated heterocycles. The van der Waals surface area contributed by atoms with Crippen molar-refractivity contribution in [2.75, 3.05) is 42.9 Å². The van der Waals surface area contributed by atoms with Crippen LogP contribution in [0.5, 0.6) is 0 Å². The van der Waals surface area contributed by atoms with Crippen LogP contribution < -0.4 is 10.2 Å². The van der Waals surface area contributed by atoms with Crippen molar-refractivity contribution < 1.29 is 0 Å². The van der Waals surface area contributed by atoms with Crippen molar-refractivity contribution in [3.05, 3.63) is 12.4 Å². The van der Waals surface area contributed by atoms with Gasteiger partial charge in [-0.2, -0.15) is 0 Å². The standard InChI is InChI=1S/C14H25N5/c1-5-15-12-10-13(17-11-16-12)18-6-8-19(9-7-18)14(2,3)4/h10-11H,5-9H2,1-4H3,(H,15,16,17). The Balaban J connectivity index is 1.99. The van der Waals surface area contributed by atoms with Crippen LogP contribution in [0.1, 0.15) is 27.7 Å². The van der Waals surface area contributed by atoms with E-state index in [-0.39, 0.29) is 5.54 Å². The average molecular weight is 263 g/mol. The summed E-state index contributed by atoms with van der Waals surface area (Å²) in [7, 11) is 0. The zero-order valence-corrected chi connectivity index (χ0v) is 12.5. The molecule has 1 N–H and O–H groups in total. The Labute approximate surface area is 116 Å². The van der Waals surface area contributed by atoms with E-state index in [2.05, 4.69) is 52.8 Å². The third-order valence-corrected chi connectivity index (χ3v) is 3.56. The predicted molar refractivity (Wildman–Crippen MR) is 79.7 cm³/mol. The highest BCUT2D eigenvalue weighted by atomic mass is 15.3. The molecular weight excluding hydrogens is 238 g/mol. The predicted octanol–water partition coefficient (Wildman–Crippen LogP) is 1.83. The lowest BCUT2D eigenvalue weighted by molar-refractivity contribution is 0.128. The Bertz CT molecular complexity index is 405. The van der Waals surface area contributed by atoms with E-state index in [0.717, 1.165) is 44.4 Å². The van der Waals surface area contributed by atoms with Crippen LogP contribution >= 0.6 is 0 Å².